The molecule has 3 nitrogen and oxygen atoms in total. The minimum absolute atomic E-state index is 0.269. The summed E-state index contributed by atoms with van der Waals surface area (Å²) in [6, 6.07) is 5.63. The maximum atomic E-state index is 10.3. The fourth-order valence-corrected chi connectivity index (χ4v) is 1.86. The Kier molecular flexibility index (Phi) is 2.64. The Morgan fingerprint density at radius 2 is 2.33 bits per heavy atom. The number of halogens is 1. The van der Waals surface area contributed by atoms with E-state index in [1.54, 1.807) is 0 Å². The first-order chi connectivity index (χ1) is 7.24. The normalized spacial score (nSPS) is 12.7. The number of hydrogen-bond donors (Lipinski definition) is 1. The van der Waals surface area contributed by atoms with Crippen LogP contribution in [0.3, 0.4) is 0 Å². The highest BCUT2D eigenvalue weighted by Crippen LogP contribution is 2.29. The number of carbonyl (C=O) groups is 1. The van der Waals surface area contributed by atoms with Crippen LogP contribution in [0.1, 0.15) is 18.6 Å². The molecule has 1 heterocycles. The first-order valence-corrected chi connectivity index (χ1v) is 4.96. The van der Waals surface area contributed by atoms with Crippen LogP contribution in [0.4, 0.5) is 0 Å². The number of benzene rings is 1. The molecule has 78 valence electrons. The first-order valence-electron chi connectivity index (χ1n) is 4.58. The number of aromatic nitrogens is 1. The van der Waals surface area contributed by atoms with Crippen molar-refractivity contribution in [1.82, 2.24) is 4.98 Å². The molecule has 0 saturated carbocycles. The van der Waals surface area contributed by atoms with E-state index in [4.69, 9.17) is 16.3 Å². The summed E-state index contributed by atoms with van der Waals surface area (Å²) in [4.78, 5) is 13.3. The van der Waals surface area contributed by atoms with E-state index in [1.807, 2.05) is 31.3 Å². The summed E-state index contributed by atoms with van der Waals surface area (Å²) in [5.74, 6) is 0. The van der Waals surface area contributed by atoms with Gasteiger partial charge in [-0.05, 0) is 13.0 Å². The fourth-order valence-electron chi connectivity index (χ4n) is 1.63. The van der Waals surface area contributed by atoms with Gasteiger partial charge in [0.2, 0.25) is 0 Å². The number of aromatic amines is 1. The number of H-pyrrole nitrogens is 1. The second-order valence-electron chi connectivity index (χ2n) is 3.28. The van der Waals surface area contributed by atoms with Crippen LogP contribution in [0.15, 0.2) is 24.4 Å². The van der Waals surface area contributed by atoms with Crippen molar-refractivity contribution in [2.45, 2.75) is 13.0 Å². The monoisotopic (exact) mass is 223 g/mol. The van der Waals surface area contributed by atoms with Gasteiger partial charge in [0.25, 0.3) is 6.47 Å². The van der Waals surface area contributed by atoms with Gasteiger partial charge in [0.05, 0.1) is 10.5 Å². The summed E-state index contributed by atoms with van der Waals surface area (Å²) in [5, 5.41) is 1.65. The molecule has 2 rings (SSSR count). The van der Waals surface area contributed by atoms with Crippen LogP contribution >= 0.6 is 11.6 Å². The van der Waals surface area contributed by atoms with Crippen molar-refractivity contribution in [1.29, 1.82) is 0 Å². The van der Waals surface area contributed by atoms with Crippen LogP contribution in [0.5, 0.6) is 0 Å². The van der Waals surface area contributed by atoms with E-state index in [1.165, 1.54) is 0 Å². The molecule has 1 aromatic carbocycles. The zero-order chi connectivity index (χ0) is 10.8. The molecule has 1 unspecified atom stereocenters. The van der Waals surface area contributed by atoms with Crippen molar-refractivity contribution < 1.29 is 9.53 Å². The Morgan fingerprint density at radius 1 is 1.53 bits per heavy atom. The summed E-state index contributed by atoms with van der Waals surface area (Å²) in [6.45, 7) is 2.27. The second-order valence-corrected chi connectivity index (χ2v) is 3.69. The number of fused-ring (bicyclic) bond motifs is 1. The lowest BCUT2D eigenvalue weighted by molar-refractivity contribution is -0.133. The molecule has 0 aliphatic rings. The highest BCUT2D eigenvalue weighted by Gasteiger charge is 2.12. The predicted octanol–water partition coefficient (Wildman–Crippen LogP) is 3.06. The number of rotatable bonds is 3. The van der Waals surface area contributed by atoms with Crippen LogP contribution in [0.2, 0.25) is 5.02 Å². The first kappa shape index (κ1) is 10.1. The Hall–Kier alpha value is -1.48. The van der Waals surface area contributed by atoms with Gasteiger partial charge in [-0.25, -0.2) is 0 Å². The molecule has 0 aliphatic carbocycles. The Balaban J connectivity index is 2.53. The average Bonchev–Trinajstić information content (AvgIpc) is 2.63. The third-order valence-corrected chi connectivity index (χ3v) is 2.71. The molecule has 1 N–H and O–H groups in total. The number of hydrogen-bond acceptors (Lipinski definition) is 2. The zero-order valence-electron chi connectivity index (χ0n) is 8.16. The van der Waals surface area contributed by atoms with Gasteiger partial charge < -0.3 is 9.72 Å². The van der Waals surface area contributed by atoms with E-state index < -0.39 is 0 Å². The van der Waals surface area contributed by atoms with Gasteiger partial charge in [0.1, 0.15) is 6.10 Å². The highest BCUT2D eigenvalue weighted by molar-refractivity contribution is 6.35. The van der Waals surface area contributed by atoms with Gasteiger partial charge in [-0.15, -0.1) is 0 Å². The van der Waals surface area contributed by atoms with Gasteiger partial charge in [0.15, 0.2) is 0 Å². The Labute approximate surface area is 92.0 Å². The summed E-state index contributed by atoms with van der Waals surface area (Å²) in [6.07, 6.45) is 1.54. The van der Waals surface area contributed by atoms with E-state index in [0.717, 1.165) is 16.5 Å². The molecular formula is C11H10ClNO2. The third-order valence-electron chi connectivity index (χ3n) is 2.39. The molecule has 1 atom stereocenters. The molecule has 0 spiro atoms. The van der Waals surface area contributed by atoms with E-state index >= 15 is 0 Å². The lowest BCUT2D eigenvalue weighted by Gasteiger charge is -2.07. The maximum absolute atomic E-state index is 10.3. The van der Waals surface area contributed by atoms with Crippen LogP contribution in [-0.2, 0) is 9.53 Å². The van der Waals surface area contributed by atoms with Crippen molar-refractivity contribution in [3.63, 3.8) is 0 Å². The number of para-hydroxylation sites is 1. The lowest BCUT2D eigenvalue weighted by atomic mass is 10.1. The molecule has 1 aromatic heterocycles. The molecule has 0 radical (unpaired) electrons. The number of nitrogens with one attached hydrogen (secondary N) is 1. The molecule has 0 saturated heterocycles. The SMILES string of the molecule is CC(OC=O)c1c[nH]c2c(Cl)cccc12. The fraction of sp³-hybridized carbons (Fsp3) is 0.182. The molecule has 0 amide bonds. The molecule has 0 aliphatic heterocycles. The number of ether oxygens (including phenoxy) is 1. The zero-order valence-corrected chi connectivity index (χ0v) is 8.91. The van der Waals surface area contributed by atoms with Crippen molar-refractivity contribution in [3.8, 4) is 0 Å². The summed E-state index contributed by atoms with van der Waals surface area (Å²) < 4.78 is 4.89. The highest BCUT2D eigenvalue weighted by atomic mass is 35.5. The summed E-state index contributed by atoms with van der Waals surface area (Å²) in [7, 11) is 0. The van der Waals surface area contributed by atoms with E-state index in [2.05, 4.69) is 4.98 Å². The molecule has 15 heavy (non-hydrogen) atoms. The van der Waals surface area contributed by atoms with Crippen LogP contribution < -0.4 is 0 Å². The van der Waals surface area contributed by atoms with Gasteiger partial charge in [0, 0.05) is 17.1 Å². The van der Waals surface area contributed by atoms with Crippen molar-refractivity contribution >= 4 is 29.0 Å². The molecule has 2 aromatic rings. The molecule has 0 fully saturated rings. The third kappa shape index (κ3) is 1.70. The van der Waals surface area contributed by atoms with E-state index in [0.29, 0.717) is 11.5 Å². The van der Waals surface area contributed by atoms with Gasteiger partial charge in [-0.1, -0.05) is 23.7 Å². The smallest absolute Gasteiger partial charge is 0.293 e. The van der Waals surface area contributed by atoms with Crippen molar-refractivity contribution in [2.75, 3.05) is 0 Å². The second kappa shape index (κ2) is 3.95. The van der Waals surface area contributed by atoms with Crippen LogP contribution in [-0.4, -0.2) is 11.5 Å². The van der Waals surface area contributed by atoms with Crippen LogP contribution in [0.25, 0.3) is 10.9 Å². The Bertz CT molecular complexity index is 492. The van der Waals surface area contributed by atoms with E-state index in [-0.39, 0.29) is 6.10 Å². The summed E-state index contributed by atoms with van der Waals surface area (Å²) in [5.41, 5.74) is 1.80. The molecule has 4 heteroatoms. The largest absolute Gasteiger partial charge is 0.460 e. The predicted molar refractivity (Wildman–Crippen MR) is 58.9 cm³/mol. The maximum Gasteiger partial charge on any atom is 0.293 e. The summed E-state index contributed by atoms with van der Waals surface area (Å²) >= 11 is 6.01. The minimum atomic E-state index is -0.269. The van der Waals surface area contributed by atoms with Gasteiger partial charge in [-0.3, -0.25) is 4.79 Å². The Morgan fingerprint density at radius 3 is 3.07 bits per heavy atom. The average molecular weight is 224 g/mol. The van der Waals surface area contributed by atoms with Gasteiger partial charge >= 0.3 is 0 Å². The topological polar surface area (TPSA) is 42.1 Å². The van der Waals surface area contributed by atoms with Crippen molar-refractivity contribution in [2.24, 2.45) is 0 Å². The van der Waals surface area contributed by atoms with Crippen LogP contribution in [0, 0.1) is 0 Å². The standard InChI is InChI=1S/C11H10ClNO2/c1-7(15-6-14)9-5-13-11-8(9)3-2-4-10(11)12/h2-7,13H,1H3. The molecular weight excluding hydrogens is 214 g/mol. The lowest BCUT2D eigenvalue weighted by Crippen LogP contribution is -1.96. The van der Waals surface area contributed by atoms with Crippen molar-refractivity contribution in [3.05, 3.63) is 35.0 Å². The quantitative estimate of drug-likeness (QED) is 0.813. The minimum Gasteiger partial charge on any atom is -0.460 e. The number of carbonyl (C=O) groups excluding carboxylic acids is 1. The van der Waals surface area contributed by atoms with E-state index in [9.17, 15) is 4.79 Å². The molecule has 0 bridgehead atoms. The van der Waals surface area contributed by atoms with Gasteiger partial charge in [-0.2, -0.15) is 0 Å².